The zero-order chi connectivity index (χ0) is 18.7. The summed E-state index contributed by atoms with van der Waals surface area (Å²) >= 11 is 0. The Kier molecular flexibility index (Phi) is 4.99. The lowest BCUT2D eigenvalue weighted by molar-refractivity contribution is -0.118. The second-order valence-electron chi connectivity index (χ2n) is 7.61. The molecule has 0 atom stereocenters. The smallest absolute Gasteiger partial charge is 0.262 e. The molecule has 0 aliphatic carbocycles. The molecule has 0 fully saturated rings. The average Bonchev–Trinajstić information content (AvgIpc) is 2.60. The van der Waals surface area contributed by atoms with Gasteiger partial charge in [0.1, 0.15) is 5.75 Å². The maximum atomic E-state index is 12.4. The van der Waals surface area contributed by atoms with Gasteiger partial charge >= 0.3 is 0 Å². The fraction of sp³-hybridized carbons (Fsp3) is 0.261. The maximum Gasteiger partial charge on any atom is 0.262 e. The Morgan fingerprint density at radius 1 is 1.00 bits per heavy atom. The van der Waals surface area contributed by atoms with E-state index in [1.807, 2.05) is 54.6 Å². The molecule has 3 aromatic carbocycles. The number of aryl methyl sites for hydroxylation is 1. The summed E-state index contributed by atoms with van der Waals surface area (Å²) in [4.78, 5) is 12.4. The first kappa shape index (κ1) is 18.0. The van der Waals surface area contributed by atoms with Crippen molar-refractivity contribution in [2.45, 2.75) is 33.1 Å². The van der Waals surface area contributed by atoms with Crippen LogP contribution in [0.3, 0.4) is 0 Å². The first-order chi connectivity index (χ1) is 12.3. The quantitative estimate of drug-likeness (QED) is 0.680. The van der Waals surface area contributed by atoms with Crippen molar-refractivity contribution in [3.8, 4) is 5.75 Å². The number of fused-ring (bicyclic) bond motifs is 1. The zero-order valence-corrected chi connectivity index (χ0v) is 15.8. The molecule has 0 heterocycles. The van der Waals surface area contributed by atoms with Crippen molar-refractivity contribution in [1.82, 2.24) is 0 Å². The molecule has 0 radical (unpaired) electrons. The van der Waals surface area contributed by atoms with Gasteiger partial charge in [-0.1, -0.05) is 74.9 Å². The summed E-state index contributed by atoms with van der Waals surface area (Å²) < 4.78 is 5.85. The van der Waals surface area contributed by atoms with Gasteiger partial charge in [0.05, 0.1) is 0 Å². The first-order valence-electron chi connectivity index (χ1n) is 8.86. The van der Waals surface area contributed by atoms with Crippen LogP contribution in [-0.4, -0.2) is 12.5 Å². The number of hydrogen-bond acceptors (Lipinski definition) is 2. The number of benzene rings is 3. The fourth-order valence-electron chi connectivity index (χ4n) is 3.02. The van der Waals surface area contributed by atoms with E-state index in [9.17, 15) is 4.79 Å². The first-order valence-corrected chi connectivity index (χ1v) is 8.86. The van der Waals surface area contributed by atoms with E-state index in [0.29, 0.717) is 0 Å². The predicted octanol–water partition coefficient (Wildman–Crippen LogP) is 5.46. The van der Waals surface area contributed by atoms with Crippen molar-refractivity contribution in [2.24, 2.45) is 0 Å². The standard InChI is InChI=1S/C23H25NO2/c1-16-12-13-21(19(14-16)23(2,3)4)26-15-22(25)24-20-11-7-9-17-8-5-6-10-18(17)20/h5-14H,15H2,1-4H3,(H,24,25). The van der Waals surface area contributed by atoms with E-state index in [4.69, 9.17) is 4.74 Å². The molecule has 3 heteroatoms. The summed E-state index contributed by atoms with van der Waals surface area (Å²) in [6.07, 6.45) is 0. The molecule has 0 aliphatic heterocycles. The lowest BCUT2D eigenvalue weighted by atomic mass is 9.85. The molecule has 3 nitrogen and oxygen atoms in total. The third kappa shape index (κ3) is 4.05. The van der Waals surface area contributed by atoms with Crippen molar-refractivity contribution < 1.29 is 9.53 Å². The molecule has 1 N–H and O–H groups in total. The maximum absolute atomic E-state index is 12.4. The Morgan fingerprint density at radius 2 is 1.73 bits per heavy atom. The van der Waals surface area contributed by atoms with Gasteiger partial charge < -0.3 is 10.1 Å². The van der Waals surface area contributed by atoms with E-state index in [0.717, 1.165) is 27.8 Å². The van der Waals surface area contributed by atoms with Crippen LogP contribution >= 0.6 is 0 Å². The molecule has 3 rings (SSSR count). The van der Waals surface area contributed by atoms with Gasteiger partial charge in [0.15, 0.2) is 6.61 Å². The molecule has 0 spiro atoms. The van der Waals surface area contributed by atoms with Crippen molar-refractivity contribution in [3.05, 3.63) is 71.8 Å². The fourth-order valence-corrected chi connectivity index (χ4v) is 3.02. The number of ether oxygens (including phenoxy) is 1. The van der Waals surface area contributed by atoms with Gasteiger partial charge in [0, 0.05) is 11.1 Å². The molecule has 1 amide bonds. The molecule has 3 aromatic rings. The predicted molar refractivity (Wildman–Crippen MR) is 108 cm³/mol. The Balaban J connectivity index is 1.74. The van der Waals surface area contributed by atoms with E-state index < -0.39 is 0 Å². The lowest BCUT2D eigenvalue weighted by Gasteiger charge is -2.23. The van der Waals surface area contributed by atoms with Crippen LogP contribution in [0.2, 0.25) is 0 Å². The number of anilines is 1. The lowest BCUT2D eigenvalue weighted by Crippen LogP contribution is -2.22. The van der Waals surface area contributed by atoms with Crippen LogP contribution in [-0.2, 0) is 10.2 Å². The summed E-state index contributed by atoms with van der Waals surface area (Å²) in [5, 5.41) is 5.08. The SMILES string of the molecule is Cc1ccc(OCC(=O)Nc2cccc3ccccc23)c(C(C)(C)C)c1. The van der Waals surface area contributed by atoms with Crippen LogP contribution in [0.25, 0.3) is 10.8 Å². The zero-order valence-electron chi connectivity index (χ0n) is 15.8. The minimum Gasteiger partial charge on any atom is -0.483 e. The highest BCUT2D eigenvalue weighted by molar-refractivity contribution is 6.02. The Labute approximate surface area is 155 Å². The molecule has 0 saturated carbocycles. The molecule has 26 heavy (non-hydrogen) atoms. The summed E-state index contributed by atoms with van der Waals surface area (Å²) in [6, 6.07) is 19.9. The van der Waals surface area contributed by atoms with E-state index >= 15 is 0 Å². The van der Waals surface area contributed by atoms with E-state index in [1.165, 1.54) is 5.56 Å². The van der Waals surface area contributed by atoms with Crippen LogP contribution in [0.4, 0.5) is 5.69 Å². The van der Waals surface area contributed by atoms with Gasteiger partial charge in [-0.25, -0.2) is 0 Å². The minimum atomic E-state index is -0.165. The molecular weight excluding hydrogens is 322 g/mol. The molecule has 0 saturated heterocycles. The molecule has 0 bridgehead atoms. The van der Waals surface area contributed by atoms with Crippen LogP contribution in [0, 0.1) is 6.92 Å². The van der Waals surface area contributed by atoms with Gasteiger partial charge in [0.25, 0.3) is 5.91 Å². The Morgan fingerprint density at radius 3 is 2.50 bits per heavy atom. The third-order valence-corrected chi connectivity index (χ3v) is 4.37. The normalized spacial score (nSPS) is 11.4. The number of hydrogen-bond donors (Lipinski definition) is 1. The highest BCUT2D eigenvalue weighted by Gasteiger charge is 2.19. The number of amides is 1. The number of nitrogens with one attached hydrogen (secondary N) is 1. The molecule has 0 aromatic heterocycles. The van der Waals surface area contributed by atoms with Crippen molar-refractivity contribution in [3.63, 3.8) is 0 Å². The summed E-state index contributed by atoms with van der Waals surface area (Å²) in [6.45, 7) is 8.47. The topological polar surface area (TPSA) is 38.3 Å². The summed E-state index contributed by atoms with van der Waals surface area (Å²) in [7, 11) is 0. The van der Waals surface area contributed by atoms with Crippen molar-refractivity contribution in [2.75, 3.05) is 11.9 Å². The molecule has 0 aliphatic rings. The monoisotopic (exact) mass is 347 g/mol. The number of rotatable bonds is 4. The van der Waals surface area contributed by atoms with E-state index in [-0.39, 0.29) is 17.9 Å². The summed E-state index contributed by atoms with van der Waals surface area (Å²) in [5.41, 5.74) is 3.04. The van der Waals surface area contributed by atoms with Crippen LogP contribution in [0.1, 0.15) is 31.9 Å². The second-order valence-corrected chi connectivity index (χ2v) is 7.61. The Bertz CT molecular complexity index is 933. The molecule has 134 valence electrons. The summed E-state index contributed by atoms with van der Waals surface area (Å²) in [5.74, 6) is 0.595. The van der Waals surface area contributed by atoms with E-state index in [2.05, 4.69) is 39.1 Å². The number of carbonyl (C=O) groups excluding carboxylic acids is 1. The van der Waals surface area contributed by atoms with Crippen molar-refractivity contribution in [1.29, 1.82) is 0 Å². The van der Waals surface area contributed by atoms with Crippen LogP contribution in [0.5, 0.6) is 5.75 Å². The molecule has 0 unspecified atom stereocenters. The number of carbonyl (C=O) groups is 1. The van der Waals surface area contributed by atoms with Gasteiger partial charge in [-0.2, -0.15) is 0 Å². The van der Waals surface area contributed by atoms with E-state index in [1.54, 1.807) is 0 Å². The average molecular weight is 347 g/mol. The third-order valence-electron chi connectivity index (χ3n) is 4.37. The van der Waals surface area contributed by atoms with Gasteiger partial charge in [-0.3, -0.25) is 4.79 Å². The highest BCUT2D eigenvalue weighted by Crippen LogP contribution is 2.32. The van der Waals surface area contributed by atoms with Gasteiger partial charge in [0.2, 0.25) is 0 Å². The molecular formula is C23H25NO2. The van der Waals surface area contributed by atoms with Gasteiger partial charge in [-0.05, 0) is 35.4 Å². The van der Waals surface area contributed by atoms with Gasteiger partial charge in [-0.15, -0.1) is 0 Å². The second kappa shape index (κ2) is 7.20. The largest absolute Gasteiger partial charge is 0.483 e. The highest BCUT2D eigenvalue weighted by atomic mass is 16.5. The minimum absolute atomic E-state index is 0.0185. The Hall–Kier alpha value is -2.81. The van der Waals surface area contributed by atoms with Crippen molar-refractivity contribution >= 4 is 22.4 Å². The van der Waals surface area contributed by atoms with Crippen LogP contribution in [0.15, 0.2) is 60.7 Å². The van der Waals surface area contributed by atoms with Crippen LogP contribution < -0.4 is 10.1 Å².